The Kier molecular flexibility index (Phi) is 4.90. The van der Waals surface area contributed by atoms with Gasteiger partial charge in [0.2, 0.25) is 0 Å². The molecule has 0 radical (unpaired) electrons. The van der Waals surface area contributed by atoms with Crippen LogP contribution in [0.5, 0.6) is 0 Å². The zero-order valence-corrected chi connectivity index (χ0v) is 12.3. The Labute approximate surface area is 124 Å². The summed E-state index contributed by atoms with van der Waals surface area (Å²) in [5.74, 6) is 5.70. The van der Waals surface area contributed by atoms with E-state index in [2.05, 4.69) is 40.8 Å². The third kappa shape index (κ3) is 4.29. The molecule has 5 heteroatoms. The Morgan fingerprint density at radius 3 is 2.76 bits per heavy atom. The van der Waals surface area contributed by atoms with E-state index in [1.165, 1.54) is 11.1 Å². The highest BCUT2D eigenvalue weighted by molar-refractivity contribution is 5.94. The number of hydrogen-bond donors (Lipinski definition) is 3. The van der Waals surface area contributed by atoms with Crippen LogP contribution in [-0.4, -0.2) is 17.4 Å². The molecular weight excluding hydrogens is 264 g/mol. The number of benzene rings is 1. The first-order valence-electron chi connectivity index (χ1n) is 6.87. The maximum absolute atomic E-state index is 12.1. The number of carbonyl (C=O) groups excluding carboxylic acids is 1. The SMILES string of the molecule is Cc1cccc(CCNC(=O)c2cc(C)nc(NN)c2)c1. The second-order valence-corrected chi connectivity index (χ2v) is 5.02. The van der Waals surface area contributed by atoms with E-state index >= 15 is 0 Å². The molecule has 21 heavy (non-hydrogen) atoms. The van der Waals surface area contributed by atoms with Gasteiger partial charge in [-0.3, -0.25) is 4.79 Å². The molecule has 0 unspecified atom stereocenters. The van der Waals surface area contributed by atoms with E-state index < -0.39 is 0 Å². The molecule has 0 aliphatic heterocycles. The van der Waals surface area contributed by atoms with Crippen LogP contribution in [0.25, 0.3) is 0 Å². The van der Waals surface area contributed by atoms with Gasteiger partial charge in [-0.1, -0.05) is 29.8 Å². The van der Waals surface area contributed by atoms with Crippen molar-refractivity contribution in [3.63, 3.8) is 0 Å². The molecule has 2 aromatic rings. The molecule has 2 rings (SSSR count). The summed E-state index contributed by atoms with van der Waals surface area (Å²) in [5.41, 5.74) is 6.20. The van der Waals surface area contributed by atoms with Crippen molar-refractivity contribution < 1.29 is 4.79 Å². The van der Waals surface area contributed by atoms with E-state index in [-0.39, 0.29) is 5.91 Å². The van der Waals surface area contributed by atoms with E-state index in [4.69, 9.17) is 5.84 Å². The number of nitrogen functional groups attached to an aromatic ring is 1. The van der Waals surface area contributed by atoms with Crippen LogP contribution in [0.2, 0.25) is 0 Å². The number of nitrogens with zero attached hydrogens (tertiary/aromatic N) is 1. The fourth-order valence-corrected chi connectivity index (χ4v) is 2.16. The third-order valence-corrected chi connectivity index (χ3v) is 3.15. The van der Waals surface area contributed by atoms with Gasteiger partial charge in [-0.2, -0.15) is 0 Å². The topological polar surface area (TPSA) is 80.0 Å². The van der Waals surface area contributed by atoms with Gasteiger partial charge in [0.1, 0.15) is 5.82 Å². The Hall–Kier alpha value is -2.40. The van der Waals surface area contributed by atoms with Gasteiger partial charge in [-0.05, 0) is 38.0 Å². The van der Waals surface area contributed by atoms with Crippen LogP contribution >= 0.6 is 0 Å². The molecule has 0 aliphatic carbocycles. The number of rotatable bonds is 5. The lowest BCUT2D eigenvalue weighted by molar-refractivity contribution is 0.0954. The minimum atomic E-state index is -0.121. The number of nitrogens with one attached hydrogen (secondary N) is 2. The van der Waals surface area contributed by atoms with Crippen LogP contribution in [0.15, 0.2) is 36.4 Å². The molecule has 4 N–H and O–H groups in total. The Morgan fingerprint density at radius 2 is 2.05 bits per heavy atom. The number of carbonyl (C=O) groups is 1. The first kappa shape index (κ1) is 15.0. The maximum Gasteiger partial charge on any atom is 0.251 e. The average molecular weight is 284 g/mol. The quantitative estimate of drug-likeness (QED) is 0.579. The van der Waals surface area contributed by atoms with E-state index in [1.54, 1.807) is 12.1 Å². The Balaban J connectivity index is 1.94. The summed E-state index contributed by atoms with van der Waals surface area (Å²) in [5, 5.41) is 2.91. The number of anilines is 1. The lowest BCUT2D eigenvalue weighted by atomic mass is 10.1. The first-order valence-corrected chi connectivity index (χ1v) is 6.87. The molecule has 0 atom stereocenters. The van der Waals surface area contributed by atoms with Crippen LogP contribution in [-0.2, 0) is 6.42 Å². The number of hydrogen-bond acceptors (Lipinski definition) is 4. The molecule has 1 heterocycles. The van der Waals surface area contributed by atoms with Crippen molar-refractivity contribution in [3.05, 3.63) is 58.8 Å². The summed E-state index contributed by atoms with van der Waals surface area (Å²) in [6, 6.07) is 11.6. The molecule has 0 saturated heterocycles. The molecule has 110 valence electrons. The number of nitrogens with two attached hydrogens (primary N) is 1. The molecule has 0 bridgehead atoms. The summed E-state index contributed by atoms with van der Waals surface area (Å²) in [4.78, 5) is 16.3. The predicted octanol–water partition coefficient (Wildman–Crippen LogP) is 1.96. The van der Waals surface area contributed by atoms with Gasteiger partial charge >= 0.3 is 0 Å². The van der Waals surface area contributed by atoms with Crippen molar-refractivity contribution in [1.29, 1.82) is 0 Å². The van der Waals surface area contributed by atoms with Gasteiger partial charge in [0.15, 0.2) is 0 Å². The minimum absolute atomic E-state index is 0.121. The Morgan fingerprint density at radius 1 is 1.24 bits per heavy atom. The van der Waals surface area contributed by atoms with Gasteiger partial charge < -0.3 is 10.7 Å². The second kappa shape index (κ2) is 6.85. The number of amides is 1. The van der Waals surface area contributed by atoms with Crippen molar-refractivity contribution >= 4 is 11.7 Å². The summed E-state index contributed by atoms with van der Waals surface area (Å²) in [6.07, 6.45) is 0.805. The zero-order valence-electron chi connectivity index (χ0n) is 12.3. The predicted molar refractivity (Wildman–Crippen MR) is 84.0 cm³/mol. The van der Waals surface area contributed by atoms with Crippen LogP contribution in [0.1, 0.15) is 27.2 Å². The van der Waals surface area contributed by atoms with Gasteiger partial charge in [0.05, 0.1) is 0 Å². The average Bonchev–Trinajstić information content (AvgIpc) is 2.46. The van der Waals surface area contributed by atoms with E-state index in [0.717, 1.165) is 12.1 Å². The fourth-order valence-electron chi connectivity index (χ4n) is 2.16. The lowest BCUT2D eigenvalue weighted by Crippen LogP contribution is -2.26. The maximum atomic E-state index is 12.1. The highest BCUT2D eigenvalue weighted by Crippen LogP contribution is 2.09. The molecule has 0 fully saturated rings. The van der Waals surface area contributed by atoms with Crippen LogP contribution < -0.4 is 16.6 Å². The molecule has 5 nitrogen and oxygen atoms in total. The number of pyridine rings is 1. The summed E-state index contributed by atoms with van der Waals surface area (Å²) in [7, 11) is 0. The summed E-state index contributed by atoms with van der Waals surface area (Å²) < 4.78 is 0. The third-order valence-electron chi connectivity index (χ3n) is 3.15. The second-order valence-electron chi connectivity index (χ2n) is 5.02. The molecule has 0 spiro atoms. The summed E-state index contributed by atoms with van der Waals surface area (Å²) in [6.45, 7) is 4.47. The van der Waals surface area contributed by atoms with Crippen LogP contribution in [0, 0.1) is 13.8 Å². The van der Waals surface area contributed by atoms with Gasteiger partial charge in [0.25, 0.3) is 5.91 Å². The van der Waals surface area contributed by atoms with Crippen molar-refractivity contribution in [2.75, 3.05) is 12.0 Å². The smallest absolute Gasteiger partial charge is 0.251 e. The number of aromatic nitrogens is 1. The first-order chi connectivity index (χ1) is 10.1. The van der Waals surface area contributed by atoms with Crippen LogP contribution in [0.4, 0.5) is 5.82 Å². The molecule has 1 aromatic heterocycles. The summed E-state index contributed by atoms with van der Waals surface area (Å²) >= 11 is 0. The van der Waals surface area contributed by atoms with Gasteiger partial charge in [0, 0.05) is 17.8 Å². The van der Waals surface area contributed by atoms with Gasteiger partial charge in [-0.25, -0.2) is 10.8 Å². The fraction of sp³-hybridized carbons (Fsp3) is 0.250. The van der Waals surface area contributed by atoms with E-state index in [1.807, 2.05) is 13.0 Å². The molecular formula is C16H20N4O. The highest BCUT2D eigenvalue weighted by atomic mass is 16.1. The van der Waals surface area contributed by atoms with Crippen molar-refractivity contribution in [2.45, 2.75) is 20.3 Å². The molecule has 1 aromatic carbocycles. The minimum Gasteiger partial charge on any atom is -0.352 e. The van der Waals surface area contributed by atoms with Crippen molar-refractivity contribution in [1.82, 2.24) is 10.3 Å². The largest absolute Gasteiger partial charge is 0.352 e. The number of hydrazine groups is 1. The van der Waals surface area contributed by atoms with E-state index in [9.17, 15) is 4.79 Å². The molecule has 0 aliphatic rings. The number of aryl methyl sites for hydroxylation is 2. The molecule has 1 amide bonds. The van der Waals surface area contributed by atoms with Gasteiger partial charge in [-0.15, -0.1) is 0 Å². The van der Waals surface area contributed by atoms with Crippen molar-refractivity contribution in [2.24, 2.45) is 5.84 Å². The monoisotopic (exact) mass is 284 g/mol. The lowest BCUT2D eigenvalue weighted by Gasteiger charge is -2.08. The standard InChI is InChI=1S/C16H20N4O/c1-11-4-3-5-13(8-11)6-7-18-16(21)14-9-12(2)19-15(10-14)20-17/h3-5,8-10H,6-7,17H2,1-2H3,(H,18,21)(H,19,20). The normalized spacial score (nSPS) is 10.2. The molecule has 0 saturated carbocycles. The van der Waals surface area contributed by atoms with E-state index in [0.29, 0.717) is 17.9 Å². The highest BCUT2D eigenvalue weighted by Gasteiger charge is 2.07. The Bertz CT molecular complexity index is 640. The van der Waals surface area contributed by atoms with Crippen molar-refractivity contribution in [3.8, 4) is 0 Å². The van der Waals surface area contributed by atoms with Crippen LogP contribution in [0.3, 0.4) is 0 Å². The zero-order chi connectivity index (χ0) is 15.2.